The molecule has 0 aliphatic carbocycles. The van der Waals surface area contributed by atoms with Crippen molar-refractivity contribution in [2.45, 2.75) is 60.3 Å². The second kappa shape index (κ2) is 9.82. The molecular formula is C17H32N2. The molecule has 0 saturated heterocycles. The lowest BCUT2D eigenvalue weighted by molar-refractivity contribution is 0.518. The lowest BCUT2D eigenvalue weighted by atomic mass is 9.93. The van der Waals surface area contributed by atoms with Gasteiger partial charge in [0.1, 0.15) is 0 Å². The molecule has 1 N–H and O–H groups in total. The number of nitrogens with one attached hydrogen (secondary N) is 1. The number of hydrogen-bond acceptors (Lipinski definition) is 2. The fourth-order valence-corrected chi connectivity index (χ4v) is 2.09. The zero-order valence-electron chi connectivity index (χ0n) is 13.9. The van der Waals surface area contributed by atoms with Crippen molar-refractivity contribution in [2.24, 2.45) is 10.9 Å². The summed E-state index contributed by atoms with van der Waals surface area (Å²) in [5.41, 5.74) is 5.02. The van der Waals surface area contributed by atoms with Crippen LogP contribution in [0.4, 0.5) is 0 Å². The summed E-state index contributed by atoms with van der Waals surface area (Å²) in [5.74, 6) is 0.785. The zero-order chi connectivity index (χ0) is 14.8. The van der Waals surface area contributed by atoms with E-state index in [1.165, 1.54) is 29.7 Å². The summed E-state index contributed by atoms with van der Waals surface area (Å²) in [4.78, 5) is 4.53. The third kappa shape index (κ3) is 6.09. The molecule has 19 heavy (non-hydrogen) atoms. The highest BCUT2D eigenvalue weighted by Gasteiger charge is 2.11. The average Bonchev–Trinajstić information content (AvgIpc) is 2.43. The van der Waals surface area contributed by atoms with Crippen molar-refractivity contribution in [1.29, 1.82) is 0 Å². The Kier molecular flexibility index (Phi) is 9.28. The molecule has 0 aliphatic heterocycles. The number of hydrogen-bond donors (Lipinski definition) is 1. The van der Waals surface area contributed by atoms with E-state index in [9.17, 15) is 0 Å². The Morgan fingerprint density at radius 1 is 1.26 bits per heavy atom. The molecule has 0 aromatic heterocycles. The van der Waals surface area contributed by atoms with Crippen molar-refractivity contribution in [1.82, 2.24) is 5.32 Å². The lowest BCUT2D eigenvalue weighted by Gasteiger charge is -2.16. The Morgan fingerprint density at radius 2 is 1.89 bits per heavy atom. The first-order valence-electron chi connectivity index (χ1n) is 7.53. The van der Waals surface area contributed by atoms with E-state index >= 15 is 0 Å². The molecule has 0 bridgehead atoms. The van der Waals surface area contributed by atoms with Crippen LogP contribution < -0.4 is 5.32 Å². The van der Waals surface area contributed by atoms with Crippen LogP contribution >= 0.6 is 0 Å². The normalized spacial score (nSPS) is 16.2. The van der Waals surface area contributed by atoms with Gasteiger partial charge in [-0.3, -0.25) is 4.99 Å². The van der Waals surface area contributed by atoms with Gasteiger partial charge in [0.2, 0.25) is 0 Å². The molecule has 1 unspecified atom stereocenters. The van der Waals surface area contributed by atoms with Gasteiger partial charge in [0.05, 0.1) is 5.71 Å². The van der Waals surface area contributed by atoms with Gasteiger partial charge < -0.3 is 5.32 Å². The van der Waals surface area contributed by atoms with Gasteiger partial charge in [-0.1, -0.05) is 33.3 Å². The van der Waals surface area contributed by atoms with Crippen molar-refractivity contribution in [3.05, 3.63) is 22.9 Å². The van der Waals surface area contributed by atoms with Gasteiger partial charge in [0.25, 0.3) is 0 Å². The van der Waals surface area contributed by atoms with E-state index in [2.05, 4.69) is 51.0 Å². The Bertz CT molecular complexity index is 348. The first kappa shape index (κ1) is 17.9. The predicted octanol–water partition coefficient (Wildman–Crippen LogP) is 4.73. The van der Waals surface area contributed by atoms with Crippen molar-refractivity contribution in [3.8, 4) is 0 Å². The third-order valence-electron chi connectivity index (χ3n) is 3.87. The lowest BCUT2D eigenvalue weighted by Crippen LogP contribution is -2.13. The minimum absolute atomic E-state index is 0.785. The molecule has 110 valence electrons. The SMILES string of the molecule is CC/C=C(CCC(C)CC)/C(=N/C)C(/C)=C(\C)NC. The van der Waals surface area contributed by atoms with Gasteiger partial charge in [0.15, 0.2) is 0 Å². The fraction of sp³-hybridized carbons (Fsp3) is 0.706. The summed E-state index contributed by atoms with van der Waals surface area (Å²) in [6.45, 7) is 11.0. The fourth-order valence-electron chi connectivity index (χ4n) is 2.09. The molecule has 0 aliphatic rings. The highest BCUT2D eigenvalue weighted by molar-refractivity contribution is 6.12. The van der Waals surface area contributed by atoms with Crippen LogP contribution in [0.25, 0.3) is 0 Å². The second-order valence-corrected chi connectivity index (χ2v) is 5.26. The summed E-state index contributed by atoms with van der Waals surface area (Å²) >= 11 is 0. The van der Waals surface area contributed by atoms with Gasteiger partial charge >= 0.3 is 0 Å². The van der Waals surface area contributed by atoms with Gasteiger partial charge in [-0.25, -0.2) is 0 Å². The molecule has 0 radical (unpaired) electrons. The second-order valence-electron chi connectivity index (χ2n) is 5.26. The van der Waals surface area contributed by atoms with Crippen LogP contribution in [0, 0.1) is 5.92 Å². The molecule has 2 heteroatoms. The molecular weight excluding hydrogens is 232 g/mol. The number of allylic oxidation sites excluding steroid dienone is 4. The van der Waals surface area contributed by atoms with Crippen LogP contribution in [0.15, 0.2) is 27.9 Å². The molecule has 0 aromatic carbocycles. The maximum atomic E-state index is 4.53. The van der Waals surface area contributed by atoms with Crippen LogP contribution in [-0.4, -0.2) is 19.8 Å². The standard InChI is InChI=1S/C17H32N2/c1-8-10-16(12-11-13(3)9-2)17(19-7)14(4)15(5)18-6/h10,13,18H,8-9,11-12H2,1-7H3/b15-14+,16-10+,19-17+. The van der Waals surface area contributed by atoms with Gasteiger partial charge in [-0.2, -0.15) is 0 Å². The Morgan fingerprint density at radius 3 is 2.32 bits per heavy atom. The largest absolute Gasteiger partial charge is 0.391 e. The highest BCUT2D eigenvalue weighted by atomic mass is 14.8. The molecule has 0 heterocycles. The molecule has 1 atom stereocenters. The Labute approximate surface area is 120 Å². The summed E-state index contributed by atoms with van der Waals surface area (Å²) in [6, 6.07) is 0. The highest BCUT2D eigenvalue weighted by Crippen LogP contribution is 2.20. The van der Waals surface area contributed by atoms with Crippen molar-refractivity contribution >= 4 is 5.71 Å². The Balaban J connectivity index is 5.11. The monoisotopic (exact) mass is 264 g/mol. The van der Waals surface area contributed by atoms with Gasteiger partial charge in [0, 0.05) is 19.8 Å². The van der Waals surface area contributed by atoms with Gasteiger partial charge in [-0.15, -0.1) is 0 Å². The zero-order valence-corrected chi connectivity index (χ0v) is 13.9. The minimum Gasteiger partial charge on any atom is -0.391 e. The summed E-state index contributed by atoms with van der Waals surface area (Å²) in [6.07, 6.45) is 7.03. The summed E-state index contributed by atoms with van der Waals surface area (Å²) in [5, 5.41) is 3.22. The topological polar surface area (TPSA) is 24.4 Å². The molecule has 0 spiro atoms. The third-order valence-corrected chi connectivity index (χ3v) is 3.87. The molecule has 0 saturated carbocycles. The molecule has 0 rings (SSSR count). The maximum Gasteiger partial charge on any atom is 0.0645 e. The van der Waals surface area contributed by atoms with Gasteiger partial charge in [-0.05, 0) is 50.2 Å². The summed E-state index contributed by atoms with van der Waals surface area (Å²) in [7, 11) is 3.86. The van der Waals surface area contributed by atoms with Crippen molar-refractivity contribution in [3.63, 3.8) is 0 Å². The Hall–Kier alpha value is -1.05. The predicted molar refractivity (Wildman–Crippen MR) is 87.9 cm³/mol. The summed E-state index contributed by atoms with van der Waals surface area (Å²) < 4.78 is 0. The van der Waals surface area contributed by atoms with E-state index in [0.717, 1.165) is 24.5 Å². The van der Waals surface area contributed by atoms with E-state index in [1.54, 1.807) is 0 Å². The van der Waals surface area contributed by atoms with E-state index in [4.69, 9.17) is 0 Å². The molecule has 0 aromatic rings. The average molecular weight is 264 g/mol. The smallest absolute Gasteiger partial charge is 0.0645 e. The molecule has 0 fully saturated rings. The van der Waals surface area contributed by atoms with Crippen molar-refractivity contribution in [2.75, 3.05) is 14.1 Å². The van der Waals surface area contributed by atoms with E-state index < -0.39 is 0 Å². The number of aliphatic imine (C=N–C) groups is 1. The van der Waals surface area contributed by atoms with Crippen molar-refractivity contribution < 1.29 is 0 Å². The molecule has 0 amide bonds. The van der Waals surface area contributed by atoms with Crippen LogP contribution in [-0.2, 0) is 0 Å². The quantitative estimate of drug-likeness (QED) is 0.630. The number of nitrogens with zero attached hydrogens (tertiary/aromatic N) is 1. The van der Waals surface area contributed by atoms with Crippen LogP contribution in [0.1, 0.15) is 60.3 Å². The molecule has 2 nitrogen and oxygen atoms in total. The maximum absolute atomic E-state index is 4.53. The van der Waals surface area contributed by atoms with Crippen LogP contribution in [0.3, 0.4) is 0 Å². The minimum atomic E-state index is 0.785. The van der Waals surface area contributed by atoms with E-state index in [1.807, 2.05) is 14.1 Å². The first-order chi connectivity index (χ1) is 9.01. The van der Waals surface area contributed by atoms with E-state index in [0.29, 0.717) is 0 Å². The van der Waals surface area contributed by atoms with E-state index in [-0.39, 0.29) is 0 Å². The van der Waals surface area contributed by atoms with Crippen LogP contribution in [0.5, 0.6) is 0 Å². The van der Waals surface area contributed by atoms with Crippen LogP contribution in [0.2, 0.25) is 0 Å². The number of rotatable bonds is 8. The first-order valence-corrected chi connectivity index (χ1v) is 7.53.